The fourth-order valence-electron chi connectivity index (χ4n) is 4.70. The Morgan fingerprint density at radius 3 is 2.70 bits per heavy atom. The van der Waals surface area contributed by atoms with Gasteiger partial charge in [-0.3, -0.25) is 9.20 Å². The summed E-state index contributed by atoms with van der Waals surface area (Å²) in [5.74, 6) is 1.92. The number of carbonyl (C=O) groups is 1. The van der Waals surface area contributed by atoms with Crippen LogP contribution in [0.25, 0.3) is 27.7 Å². The lowest BCUT2D eigenvalue weighted by atomic mass is 10.1. The number of benzene rings is 1. The second-order valence-electron chi connectivity index (χ2n) is 9.94. The first-order chi connectivity index (χ1) is 15.9. The molecule has 3 aromatic heterocycles. The summed E-state index contributed by atoms with van der Waals surface area (Å²) in [7, 11) is 0. The molecule has 0 saturated carbocycles. The summed E-state index contributed by atoms with van der Waals surface area (Å²) in [5.41, 5.74) is 3.51. The predicted molar refractivity (Wildman–Crippen MR) is 129 cm³/mol. The monoisotopic (exact) mass is 448 g/mol. The van der Waals surface area contributed by atoms with Crippen LogP contribution >= 0.6 is 0 Å². The quantitative estimate of drug-likeness (QED) is 0.365. The molecule has 1 aliphatic rings. The maximum Gasteiger partial charge on any atom is 0.311 e. The van der Waals surface area contributed by atoms with E-state index in [0.29, 0.717) is 24.6 Å². The Bertz CT molecular complexity index is 1310. The third kappa shape index (κ3) is 4.22. The Hall–Kier alpha value is -2.93. The topological polar surface area (TPSA) is 70.7 Å². The number of ether oxygens (including phenoxy) is 2. The molecule has 7 heteroatoms. The average molecular weight is 449 g/mol. The van der Waals surface area contributed by atoms with Gasteiger partial charge in [0.15, 0.2) is 11.4 Å². The Kier molecular flexibility index (Phi) is 5.83. The minimum absolute atomic E-state index is 0.144. The molecule has 1 saturated heterocycles. The smallest absolute Gasteiger partial charge is 0.311 e. The van der Waals surface area contributed by atoms with Crippen molar-refractivity contribution in [2.75, 3.05) is 6.61 Å². The summed E-state index contributed by atoms with van der Waals surface area (Å²) in [6.07, 6.45) is 5.34. The van der Waals surface area contributed by atoms with Gasteiger partial charge in [-0.25, -0.2) is 9.97 Å². The van der Waals surface area contributed by atoms with E-state index in [4.69, 9.17) is 19.4 Å². The van der Waals surface area contributed by atoms with Crippen molar-refractivity contribution in [3.05, 3.63) is 36.3 Å². The van der Waals surface area contributed by atoms with Crippen LogP contribution in [0, 0.1) is 11.8 Å². The first-order valence-corrected chi connectivity index (χ1v) is 12.0. The van der Waals surface area contributed by atoms with Gasteiger partial charge in [-0.1, -0.05) is 39.8 Å². The van der Waals surface area contributed by atoms with Crippen molar-refractivity contribution in [3.8, 4) is 5.75 Å². The van der Waals surface area contributed by atoms with Crippen LogP contribution in [0.1, 0.15) is 52.8 Å². The number of fused-ring (bicyclic) bond motifs is 5. The van der Waals surface area contributed by atoms with Crippen LogP contribution < -0.4 is 4.74 Å². The number of hydrogen-bond acceptors (Lipinski definition) is 5. The van der Waals surface area contributed by atoms with E-state index in [1.54, 1.807) is 0 Å². The van der Waals surface area contributed by atoms with Crippen LogP contribution in [0.4, 0.5) is 0 Å². The molecule has 5 rings (SSSR count). The summed E-state index contributed by atoms with van der Waals surface area (Å²) < 4.78 is 16.0. The van der Waals surface area contributed by atoms with E-state index >= 15 is 0 Å². The SMILES string of the molecule is CC(C)CC(=O)Oc1cn(C[C@@H]2CCCO2)c2nc(CC(C)C)n3c4ccccc4nc3c12. The molecule has 4 aromatic rings. The minimum atomic E-state index is -0.235. The highest BCUT2D eigenvalue weighted by Gasteiger charge is 2.25. The Morgan fingerprint density at radius 1 is 1.15 bits per heavy atom. The van der Waals surface area contributed by atoms with E-state index in [-0.39, 0.29) is 18.0 Å². The van der Waals surface area contributed by atoms with Crippen LogP contribution in [-0.2, 0) is 22.5 Å². The highest BCUT2D eigenvalue weighted by atomic mass is 16.5. The van der Waals surface area contributed by atoms with Gasteiger partial charge in [-0.05, 0) is 36.8 Å². The highest BCUT2D eigenvalue weighted by molar-refractivity contribution is 6.01. The Balaban J connectivity index is 1.75. The van der Waals surface area contributed by atoms with E-state index in [0.717, 1.165) is 59.4 Å². The minimum Gasteiger partial charge on any atom is -0.424 e. The van der Waals surface area contributed by atoms with Crippen LogP contribution in [0.2, 0.25) is 0 Å². The maximum absolute atomic E-state index is 12.6. The van der Waals surface area contributed by atoms with Gasteiger partial charge in [0.2, 0.25) is 0 Å². The molecule has 0 unspecified atom stereocenters. The second kappa shape index (κ2) is 8.78. The second-order valence-corrected chi connectivity index (χ2v) is 9.94. The van der Waals surface area contributed by atoms with Gasteiger partial charge >= 0.3 is 5.97 Å². The molecule has 1 fully saturated rings. The van der Waals surface area contributed by atoms with Crippen molar-refractivity contribution in [2.24, 2.45) is 11.8 Å². The molecule has 0 spiro atoms. The van der Waals surface area contributed by atoms with Crippen LogP contribution in [0.5, 0.6) is 5.75 Å². The zero-order chi connectivity index (χ0) is 23.1. The van der Waals surface area contributed by atoms with Crippen molar-refractivity contribution in [1.82, 2.24) is 18.9 Å². The van der Waals surface area contributed by atoms with E-state index < -0.39 is 0 Å². The summed E-state index contributed by atoms with van der Waals surface area (Å²) in [4.78, 5) is 22.7. The number of rotatable bonds is 7. The van der Waals surface area contributed by atoms with Gasteiger partial charge < -0.3 is 14.0 Å². The van der Waals surface area contributed by atoms with Gasteiger partial charge in [-0.2, -0.15) is 0 Å². The predicted octanol–water partition coefficient (Wildman–Crippen LogP) is 5.17. The zero-order valence-corrected chi connectivity index (χ0v) is 19.9. The molecule has 0 radical (unpaired) electrons. The summed E-state index contributed by atoms with van der Waals surface area (Å²) >= 11 is 0. The molecule has 174 valence electrons. The van der Waals surface area contributed by atoms with E-state index in [9.17, 15) is 4.79 Å². The molecule has 33 heavy (non-hydrogen) atoms. The van der Waals surface area contributed by atoms with E-state index in [1.807, 2.05) is 38.2 Å². The standard InChI is InChI=1S/C26H32N4O3/c1-16(2)12-22-28-25-24(26-27-19-9-5-6-10-20(19)30(22)26)21(33-23(31)13-17(3)4)15-29(25)14-18-8-7-11-32-18/h5-6,9-10,15-18H,7-8,11-14H2,1-4H3/t18-/m0/s1. The number of imidazole rings is 1. The largest absolute Gasteiger partial charge is 0.424 e. The first kappa shape index (κ1) is 21.9. The van der Waals surface area contributed by atoms with Gasteiger partial charge in [-0.15, -0.1) is 0 Å². The molecular formula is C26H32N4O3. The summed E-state index contributed by atoms with van der Waals surface area (Å²) in [5, 5.41) is 0.786. The molecule has 7 nitrogen and oxygen atoms in total. The maximum atomic E-state index is 12.6. The lowest BCUT2D eigenvalue weighted by molar-refractivity contribution is -0.135. The lowest BCUT2D eigenvalue weighted by Gasteiger charge is -2.13. The third-order valence-electron chi connectivity index (χ3n) is 6.11. The lowest BCUT2D eigenvalue weighted by Crippen LogP contribution is -2.15. The summed E-state index contributed by atoms with van der Waals surface area (Å²) in [6.45, 7) is 9.90. The molecule has 1 aromatic carbocycles. The molecule has 0 amide bonds. The highest BCUT2D eigenvalue weighted by Crippen LogP contribution is 2.35. The average Bonchev–Trinajstić information content (AvgIpc) is 3.45. The van der Waals surface area contributed by atoms with Crippen LogP contribution in [0.15, 0.2) is 30.5 Å². The molecule has 0 N–H and O–H groups in total. The van der Waals surface area contributed by atoms with Crippen molar-refractivity contribution >= 4 is 33.7 Å². The number of carbonyl (C=O) groups excluding carboxylic acids is 1. The number of para-hydroxylation sites is 2. The van der Waals surface area contributed by atoms with Crippen molar-refractivity contribution < 1.29 is 14.3 Å². The van der Waals surface area contributed by atoms with Crippen molar-refractivity contribution in [2.45, 2.75) is 66.0 Å². The molecule has 0 aliphatic carbocycles. The summed E-state index contributed by atoms with van der Waals surface area (Å²) in [6, 6.07) is 8.10. The zero-order valence-electron chi connectivity index (χ0n) is 19.9. The van der Waals surface area contributed by atoms with Crippen LogP contribution in [0.3, 0.4) is 0 Å². The molecule has 1 aliphatic heterocycles. The molecule has 1 atom stereocenters. The molecule has 4 heterocycles. The Labute approximate surface area is 193 Å². The van der Waals surface area contributed by atoms with E-state index in [1.165, 1.54) is 0 Å². The van der Waals surface area contributed by atoms with Crippen molar-refractivity contribution in [3.63, 3.8) is 0 Å². The van der Waals surface area contributed by atoms with E-state index in [2.05, 4.69) is 28.9 Å². The first-order valence-electron chi connectivity index (χ1n) is 12.0. The van der Waals surface area contributed by atoms with Crippen molar-refractivity contribution in [1.29, 1.82) is 0 Å². The molecular weight excluding hydrogens is 416 g/mol. The Morgan fingerprint density at radius 2 is 1.97 bits per heavy atom. The molecule has 0 bridgehead atoms. The number of nitrogens with zero attached hydrogens (tertiary/aromatic N) is 4. The van der Waals surface area contributed by atoms with Gasteiger partial charge in [0.1, 0.15) is 16.9 Å². The van der Waals surface area contributed by atoms with Gasteiger partial charge in [0, 0.05) is 25.6 Å². The fourth-order valence-corrected chi connectivity index (χ4v) is 4.70. The fraction of sp³-hybridized carbons (Fsp3) is 0.500. The normalized spacial score (nSPS) is 16.7. The number of esters is 1. The van der Waals surface area contributed by atoms with Crippen LogP contribution in [-0.4, -0.2) is 37.6 Å². The number of aromatic nitrogens is 4. The van der Waals surface area contributed by atoms with Gasteiger partial charge in [0.05, 0.1) is 23.7 Å². The number of hydrogen-bond donors (Lipinski definition) is 0. The van der Waals surface area contributed by atoms with Gasteiger partial charge in [0.25, 0.3) is 0 Å². The third-order valence-corrected chi connectivity index (χ3v) is 6.11.